The fourth-order valence-corrected chi connectivity index (χ4v) is 2.97. The van der Waals surface area contributed by atoms with Crippen LogP contribution in [0, 0.1) is 5.82 Å². The molecule has 0 aliphatic heterocycles. The predicted molar refractivity (Wildman–Crippen MR) is 74.1 cm³/mol. The molecular formula is C15H10FNOS. The summed E-state index contributed by atoms with van der Waals surface area (Å²) in [5, 5.41) is 3.07. The zero-order chi connectivity index (χ0) is 13.2. The van der Waals surface area contributed by atoms with Crippen LogP contribution in [0.15, 0.2) is 48.1 Å². The summed E-state index contributed by atoms with van der Waals surface area (Å²) in [5.41, 5.74) is 1.30. The van der Waals surface area contributed by atoms with Gasteiger partial charge < -0.3 is 0 Å². The second-order valence-electron chi connectivity index (χ2n) is 4.25. The largest absolute Gasteiger partial charge is 0.294 e. The van der Waals surface area contributed by atoms with Crippen LogP contribution in [-0.4, -0.2) is 10.8 Å². The van der Waals surface area contributed by atoms with Gasteiger partial charge in [-0.1, -0.05) is 18.2 Å². The number of halogens is 1. The van der Waals surface area contributed by atoms with Crippen LogP contribution in [0.1, 0.15) is 15.9 Å². The maximum Gasteiger partial charge on any atom is 0.168 e. The van der Waals surface area contributed by atoms with Crippen molar-refractivity contribution in [2.75, 3.05) is 0 Å². The fraction of sp³-hybridized carbons (Fsp3) is 0.0667. The molecule has 0 amide bonds. The number of hydrogen-bond acceptors (Lipinski definition) is 3. The van der Waals surface area contributed by atoms with E-state index in [4.69, 9.17) is 0 Å². The Labute approximate surface area is 113 Å². The minimum absolute atomic E-state index is 0.115. The van der Waals surface area contributed by atoms with Crippen molar-refractivity contribution in [3.05, 3.63) is 65.0 Å². The Hall–Kier alpha value is -2.07. The third-order valence-corrected chi connectivity index (χ3v) is 3.95. The summed E-state index contributed by atoms with van der Waals surface area (Å²) in [6.07, 6.45) is 2.77. The summed E-state index contributed by atoms with van der Waals surface area (Å²) in [4.78, 5) is 15.8. The highest BCUT2D eigenvalue weighted by Gasteiger charge is 2.11. The van der Waals surface area contributed by atoms with E-state index in [9.17, 15) is 9.18 Å². The van der Waals surface area contributed by atoms with Crippen LogP contribution in [0.2, 0.25) is 0 Å². The van der Waals surface area contributed by atoms with Crippen LogP contribution >= 0.6 is 11.3 Å². The molecule has 0 saturated heterocycles. The molecule has 0 unspecified atom stereocenters. The van der Waals surface area contributed by atoms with E-state index in [1.165, 1.54) is 12.3 Å². The number of fused-ring (bicyclic) bond motifs is 1. The van der Waals surface area contributed by atoms with E-state index >= 15 is 0 Å². The van der Waals surface area contributed by atoms with Gasteiger partial charge in [0.15, 0.2) is 5.78 Å². The Kier molecular flexibility index (Phi) is 3.09. The topological polar surface area (TPSA) is 30.0 Å². The average molecular weight is 271 g/mol. The molecule has 94 valence electrons. The monoisotopic (exact) mass is 271 g/mol. The van der Waals surface area contributed by atoms with Gasteiger partial charge in [-0.3, -0.25) is 9.78 Å². The lowest BCUT2D eigenvalue weighted by molar-refractivity contribution is 0.0992. The van der Waals surface area contributed by atoms with Gasteiger partial charge in [0.1, 0.15) is 5.82 Å². The van der Waals surface area contributed by atoms with Crippen LogP contribution in [0.5, 0.6) is 0 Å². The van der Waals surface area contributed by atoms with Crippen LogP contribution in [0.3, 0.4) is 0 Å². The number of carbonyl (C=O) groups excluding carboxylic acids is 1. The van der Waals surface area contributed by atoms with Crippen molar-refractivity contribution >= 4 is 27.2 Å². The first-order valence-corrected chi connectivity index (χ1v) is 6.71. The summed E-state index contributed by atoms with van der Waals surface area (Å²) < 4.78 is 14.2. The van der Waals surface area contributed by atoms with Gasteiger partial charge in [-0.2, -0.15) is 0 Å². The molecule has 0 aliphatic rings. The number of hydrogen-bond donors (Lipinski definition) is 0. The number of thiophene rings is 1. The van der Waals surface area contributed by atoms with Crippen LogP contribution in [-0.2, 0) is 6.42 Å². The molecule has 0 bridgehead atoms. The summed E-state index contributed by atoms with van der Waals surface area (Å²) >= 11 is 1.61. The predicted octanol–water partition coefficient (Wildman–Crippen LogP) is 3.86. The molecule has 0 saturated carbocycles. The molecule has 0 N–H and O–H groups in total. The summed E-state index contributed by atoms with van der Waals surface area (Å²) in [5.74, 6) is -0.600. The molecule has 2 aromatic heterocycles. The molecule has 0 spiro atoms. The smallest absolute Gasteiger partial charge is 0.168 e. The zero-order valence-electron chi connectivity index (χ0n) is 9.97. The average Bonchev–Trinajstić information content (AvgIpc) is 2.82. The van der Waals surface area contributed by atoms with Crippen molar-refractivity contribution < 1.29 is 9.18 Å². The second kappa shape index (κ2) is 4.90. The maximum absolute atomic E-state index is 13.0. The molecule has 0 aliphatic carbocycles. The molecule has 3 aromatic rings. The van der Waals surface area contributed by atoms with Crippen molar-refractivity contribution in [1.29, 1.82) is 0 Å². The van der Waals surface area contributed by atoms with Crippen LogP contribution in [0.4, 0.5) is 4.39 Å². The maximum atomic E-state index is 13.0. The number of nitrogens with zero attached hydrogens (tertiary/aromatic N) is 1. The summed E-state index contributed by atoms with van der Waals surface area (Å²) in [7, 11) is 0. The van der Waals surface area contributed by atoms with Crippen molar-refractivity contribution in [3.63, 3.8) is 0 Å². The third kappa shape index (κ3) is 2.39. The number of carbonyl (C=O) groups is 1. The molecule has 1 aromatic carbocycles. The number of pyridine rings is 1. The van der Waals surface area contributed by atoms with Crippen molar-refractivity contribution in [2.45, 2.75) is 6.42 Å². The molecule has 0 fully saturated rings. The summed E-state index contributed by atoms with van der Waals surface area (Å²) in [6, 6.07) is 9.17. The van der Waals surface area contributed by atoms with Crippen molar-refractivity contribution in [2.24, 2.45) is 0 Å². The highest BCUT2D eigenvalue weighted by atomic mass is 32.1. The quantitative estimate of drug-likeness (QED) is 0.677. The highest BCUT2D eigenvalue weighted by Crippen LogP contribution is 2.26. The normalized spacial score (nSPS) is 10.8. The molecule has 3 rings (SSSR count). The minimum Gasteiger partial charge on any atom is -0.294 e. The standard InChI is InChI=1S/C15H10FNOS/c16-12-5-10(7-17-8-12)14(18)6-11-9-19-15-4-2-1-3-13(11)15/h1-5,7-9H,6H2. The van der Waals surface area contributed by atoms with Gasteiger partial charge >= 0.3 is 0 Å². The van der Waals surface area contributed by atoms with E-state index in [1.54, 1.807) is 11.3 Å². The Morgan fingerprint density at radius 1 is 1.26 bits per heavy atom. The molecule has 0 atom stereocenters. The van der Waals surface area contributed by atoms with Gasteiger partial charge in [-0.25, -0.2) is 4.39 Å². The Balaban J connectivity index is 1.91. The van der Waals surface area contributed by atoms with Gasteiger partial charge in [0.05, 0.1) is 6.20 Å². The number of ketones is 1. The summed E-state index contributed by atoms with van der Waals surface area (Å²) in [6.45, 7) is 0. The lowest BCUT2D eigenvalue weighted by Gasteiger charge is -2.00. The van der Waals surface area contributed by atoms with E-state index in [0.29, 0.717) is 5.56 Å². The van der Waals surface area contributed by atoms with Crippen LogP contribution < -0.4 is 0 Å². The lowest BCUT2D eigenvalue weighted by atomic mass is 10.0. The zero-order valence-corrected chi connectivity index (χ0v) is 10.8. The fourth-order valence-electron chi connectivity index (χ4n) is 2.01. The van der Waals surface area contributed by atoms with Crippen molar-refractivity contribution in [3.8, 4) is 0 Å². The van der Waals surface area contributed by atoms with E-state index in [0.717, 1.165) is 21.8 Å². The van der Waals surface area contributed by atoms with Gasteiger partial charge in [-0.15, -0.1) is 11.3 Å². The molecule has 4 heteroatoms. The van der Waals surface area contributed by atoms with Gasteiger partial charge in [0.25, 0.3) is 0 Å². The van der Waals surface area contributed by atoms with Gasteiger partial charge in [0, 0.05) is 22.9 Å². The second-order valence-corrected chi connectivity index (χ2v) is 5.16. The van der Waals surface area contributed by atoms with Gasteiger partial charge in [0.2, 0.25) is 0 Å². The van der Waals surface area contributed by atoms with E-state index in [-0.39, 0.29) is 12.2 Å². The number of rotatable bonds is 3. The van der Waals surface area contributed by atoms with Gasteiger partial charge in [-0.05, 0) is 28.5 Å². The highest BCUT2D eigenvalue weighted by molar-refractivity contribution is 7.17. The number of Topliss-reactive ketones (excluding diaryl/α,β-unsaturated/α-hetero) is 1. The Bertz CT molecular complexity index is 750. The number of benzene rings is 1. The first-order chi connectivity index (χ1) is 9.24. The molecule has 19 heavy (non-hydrogen) atoms. The van der Waals surface area contributed by atoms with E-state index < -0.39 is 5.82 Å². The van der Waals surface area contributed by atoms with Crippen LogP contribution in [0.25, 0.3) is 10.1 Å². The Morgan fingerprint density at radius 2 is 2.11 bits per heavy atom. The molecular weight excluding hydrogens is 261 g/mol. The van der Waals surface area contributed by atoms with E-state index in [1.807, 2.05) is 29.6 Å². The SMILES string of the molecule is O=C(Cc1csc2ccccc12)c1cncc(F)c1. The van der Waals surface area contributed by atoms with E-state index in [2.05, 4.69) is 4.98 Å². The first kappa shape index (κ1) is 12.0. The molecule has 2 nitrogen and oxygen atoms in total. The Morgan fingerprint density at radius 3 is 2.95 bits per heavy atom. The molecule has 0 radical (unpaired) electrons. The first-order valence-electron chi connectivity index (χ1n) is 5.83. The number of aromatic nitrogens is 1. The third-order valence-electron chi connectivity index (χ3n) is 2.94. The van der Waals surface area contributed by atoms with Crippen molar-refractivity contribution in [1.82, 2.24) is 4.98 Å². The lowest BCUT2D eigenvalue weighted by Crippen LogP contribution is -2.04. The minimum atomic E-state index is -0.485. The molecule has 2 heterocycles.